The van der Waals surface area contributed by atoms with E-state index in [2.05, 4.69) is 0 Å². The molecule has 0 rings (SSSR count). The Morgan fingerprint density at radius 1 is 0.609 bits per heavy atom. The number of esters is 2. The van der Waals surface area contributed by atoms with E-state index >= 15 is 0 Å². The molecular weight excluding hydrogens is 300 g/mol. The van der Waals surface area contributed by atoms with Crippen molar-refractivity contribution < 1.29 is 28.5 Å². The van der Waals surface area contributed by atoms with Gasteiger partial charge in [-0.15, -0.1) is 0 Å². The molecule has 0 unspecified atom stereocenters. The number of unbranched alkanes of at least 4 members (excludes halogenated alkanes) is 4. The summed E-state index contributed by atoms with van der Waals surface area (Å²) >= 11 is 0. The Bertz CT molecular complexity index is 265. The highest BCUT2D eigenvalue weighted by Crippen LogP contribution is 2.08. The maximum atomic E-state index is 11.4. The van der Waals surface area contributed by atoms with Crippen molar-refractivity contribution in [3.63, 3.8) is 0 Å². The molecule has 0 heterocycles. The van der Waals surface area contributed by atoms with Gasteiger partial charge in [0.25, 0.3) is 0 Å². The highest BCUT2D eigenvalue weighted by molar-refractivity contribution is 5.69. The molecule has 0 saturated carbocycles. The van der Waals surface area contributed by atoms with Gasteiger partial charge in [-0.2, -0.15) is 0 Å². The van der Waals surface area contributed by atoms with Crippen LogP contribution in [0.4, 0.5) is 0 Å². The summed E-state index contributed by atoms with van der Waals surface area (Å²) in [6.45, 7) is 6.67. The maximum absolute atomic E-state index is 11.4. The van der Waals surface area contributed by atoms with Crippen LogP contribution in [0.25, 0.3) is 0 Å². The highest BCUT2D eigenvalue weighted by atomic mass is 16.6. The number of carbonyl (C=O) groups excluding carboxylic acids is 2. The third kappa shape index (κ3) is 17.1. The van der Waals surface area contributed by atoms with Crippen LogP contribution in [-0.4, -0.2) is 51.6 Å². The van der Waals surface area contributed by atoms with Crippen LogP contribution in [0.2, 0.25) is 0 Å². The normalized spacial score (nSPS) is 10.5. The number of carbonyl (C=O) groups is 2. The van der Waals surface area contributed by atoms with Crippen molar-refractivity contribution in [3.05, 3.63) is 0 Å². The van der Waals surface area contributed by atoms with Crippen LogP contribution in [0, 0.1) is 0 Å². The number of hydrogen-bond acceptors (Lipinski definition) is 6. The molecule has 0 saturated heterocycles. The zero-order valence-corrected chi connectivity index (χ0v) is 14.6. The van der Waals surface area contributed by atoms with E-state index in [-0.39, 0.29) is 11.9 Å². The molecule has 0 aliphatic heterocycles. The Kier molecular flexibility index (Phi) is 16.4. The lowest BCUT2D eigenvalue weighted by Crippen LogP contribution is -2.10. The summed E-state index contributed by atoms with van der Waals surface area (Å²) in [6.07, 6.45) is 5.51. The Morgan fingerprint density at radius 3 is 1.39 bits per heavy atom. The second kappa shape index (κ2) is 17.2. The quantitative estimate of drug-likeness (QED) is 0.320. The van der Waals surface area contributed by atoms with Gasteiger partial charge in [-0.1, -0.05) is 19.3 Å². The zero-order chi connectivity index (χ0) is 17.2. The van der Waals surface area contributed by atoms with Crippen molar-refractivity contribution >= 4 is 11.9 Å². The largest absolute Gasteiger partial charge is 0.463 e. The second-order valence-corrected chi connectivity index (χ2v) is 5.10. The molecule has 0 aromatic heterocycles. The molecule has 0 fully saturated rings. The van der Waals surface area contributed by atoms with E-state index in [1.54, 1.807) is 0 Å². The molecule has 0 aromatic rings. The highest BCUT2D eigenvalue weighted by Gasteiger charge is 2.04. The van der Waals surface area contributed by atoms with Crippen molar-refractivity contribution in [1.82, 2.24) is 0 Å². The molecule has 0 aromatic carbocycles. The summed E-state index contributed by atoms with van der Waals surface area (Å²) in [7, 11) is 0. The van der Waals surface area contributed by atoms with Crippen LogP contribution in [0.1, 0.15) is 58.8 Å². The van der Waals surface area contributed by atoms with Crippen LogP contribution in [0.3, 0.4) is 0 Å². The van der Waals surface area contributed by atoms with E-state index in [0.29, 0.717) is 52.5 Å². The summed E-state index contributed by atoms with van der Waals surface area (Å²) in [6, 6.07) is 0. The third-order valence-electron chi connectivity index (χ3n) is 3.15. The van der Waals surface area contributed by atoms with E-state index < -0.39 is 0 Å². The van der Waals surface area contributed by atoms with E-state index in [0.717, 1.165) is 32.1 Å². The van der Waals surface area contributed by atoms with Gasteiger partial charge >= 0.3 is 11.9 Å². The summed E-state index contributed by atoms with van der Waals surface area (Å²) in [5, 5.41) is 0. The molecule has 6 heteroatoms. The fourth-order valence-electron chi connectivity index (χ4n) is 1.93. The predicted molar refractivity (Wildman–Crippen MR) is 87.2 cm³/mol. The van der Waals surface area contributed by atoms with Crippen molar-refractivity contribution in [2.24, 2.45) is 0 Å². The molecule has 0 atom stereocenters. The minimum Gasteiger partial charge on any atom is -0.463 e. The molecule has 0 N–H and O–H groups in total. The van der Waals surface area contributed by atoms with E-state index in [1.807, 2.05) is 13.8 Å². The first-order valence-corrected chi connectivity index (χ1v) is 8.67. The van der Waals surface area contributed by atoms with Gasteiger partial charge in [-0.3, -0.25) is 9.59 Å². The van der Waals surface area contributed by atoms with Gasteiger partial charge in [-0.05, 0) is 26.7 Å². The van der Waals surface area contributed by atoms with Gasteiger partial charge in [0, 0.05) is 26.1 Å². The Labute approximate surface area is 139 Å². The second-order valence-electron chi connectivity index (χ2n) is 5.10. The monoisotopic (exact) mass is 332 g/mol. The van der Waals surface area contributed by atoms with Crippen LogP contribution in [0.5, 0.6) is 0 Å². The molecule has 0 amide bonds. The van der Waals surface area contributed by atoms with E-state index in [9.17, 15) is 9.59 Å². The molecular formula is C17H32O6. The lowest BCUT2D eigenvalue weighted by Gasteiger charge is -2.05. The molecule has 136 valence electrons. The first-order valence-electron chi connectivity index (χ1n) is 8.67. The molecule has 0 aliphatic rings. The average Bonchev–Trinajstić information content (AvgIpc) is 2.54. The van der Waals surface area contributed by atoms with Crippen molar-refractivity contribution in [3.8, 4) is 0 Å². The van der Waals surface area contributed by atoms with Crippen molar-refractivity contribution in [2.75, 3.05) is 39.6 Å². The molecule has 0 aliphatic carbocycles. The van der Waals surface area contributed by atoms with Crippen LogP contribution < -0.4 is 0 Å². The van der Waals surface area contributed by atoms with E-state index in [4.69, 9.17) is 18.9 Å². The van der Waals surface area contributed by atoms with Crippen LogP contribution in [-0.2, 0) is 28.5 Å². The van der Waals surface area contributed by atoms with Gasteiger partial charge in [0.2, 0.25) is 0 Å². The van der Waals surface area contributed by atoms with Gasteiger partial charge in [0.15, 0.2) is 0 Å². The van der Waals surface area contributed by atoms with Gasteiger partial charge < -0.3 is 18.9 Å². The molecule has 6 nitrogen and oxygen atoms in total. The molecule has 0 spiro atoms. The Balaban J connectivity index is 3.26. The Hall–Kier alpha value is -1.14. The number of ether oxygens (including phenoxy) is 4. The summed E-state index contributed by atoms with van der Waals surface area (Å²) in [4.78, 5) is 22.8. The lowest BCUT2D eigenvalue weighted by atomic mass is 10.1. The summed E-state index contributed by atoms with van der Waals surface area (Å²) in [5.74, 6) is -0.329. The minimum absolute atomic E-state index is 0.164. The van der Waals surface area contributed by atoms with Crippen molar-refractivity contribution in [1.29, 1.82) is 0 Å². The Morgan fingerprint density at radius 2 is 1.00 bits per heavy atom. The third-order valence-corrected chi connectivity index (χ3v) is 3.15. The fourth-order valence-corrected chi connectivity index (χ4v) is 1.93. The topological polar surface area (TPSA) is 71.1 Å². The average molecular weight is 332 g/mol. The van der Waals surface area contributed by atoms with Crippen LogP contribution >= 0.6 is 0 Å². The minimum atomic E-state index is -0.164. The number of hydrogen-bond donors (Lipinski definition) is 0. The summed E-state index contributed by atoms with van der Waals surface area (Å²) in [5.41, 5.74) is 0. The lowest BCUT2D eigenvalue weighted by molar-refractivity contribution is -0.146. The maximum Gasteiger partial charge on any atom is 0.305 e. The first kappa shape index (κ1) is 21.9. The molecule has 23 heavy (non-hydrogen) atoms. The number of rotatable bonds is 16. The van der Waals surface area contributed by atoms with Gasteiger partial charge in [-0.25, -0.2) is 0 Å². The smallest absolute Gasteiger partial charge is 0.305 e. The zero-order valence-electron chi connectivity index (χ0n) is 14.6. The van der Waals surface area contributed by atoms with Crippen LogP contribution in [0.15, 0.2) is 0 Å². The molecule has 0 bridgehead atoms. The van der Waals surface area contributed by atoms with E-state index in [1.165, 1.54) is 0 Å². The first-order chi connectivity index (χ1) is 11.2. The van der Waals surface area contributed by atoms with Crippen molar-refractivity contribution in [2.45, 2.75) is 58.8 Å². The van der Waals surface area contributed by atoms with Gasteiger partial charge in [0.1, 0.15) is 13.2 Å². The predicted octanol–water partition coefficient (Wildman–Crippen LogP) is 2.88. The molecule has 0 radical (unpaired) electrons. The van der Waals surface area contributed by atoms with Gasteiger partial charge in [0.05, 0.1) is 13.2 Å². The fraction of sp³-hybridized carbons (Fsp3) is 0.882. The summed E-state index contributed by atoms with van der Waals surface area (Å²) < 4.78 is 20.2. The standard InChI is InChI=1S/C17H32O6/c1-3-20-12-14-22-16(18)10-8-6-5-7-9-11-17(19)23-15-13-21-4-2/h3-15H2,1-2H3. The SMILES string of the molecule is CCOCCOC(=O)CCCCCCCC(=O)OCCOCC.